The molecule has 94 valence electrons. The van der Waals surface area contributed by atoms with Crippen molar-refractivity contribution in [3.05, 3.63) is 23.8 Å². The van der Waals surface area contributed by atoms with Crippen LogP contribution < -0.4 is 9.64 Å². The lowest BCUT2D eigenvalue weighted by Crippen LogP contribution is -2.24. The number of carbonyl (C=O) groups excluding carboxylic acids is 1. The first-order valence-corrected chi connectivity index (χ1v) is 5.86. The average Bonchev–Trinajstić information content (AvgIpc) is 2.26. The van der Waals surface area contributed by atoms with Gasteiger partial charge in [0.05, 0.1) is 18.4 Å². The Bertz CT molecular complexity index is 399. The number of nitrogens with zero attached hydrogens (tertiary/aromatic N) is 1. The first-order valence-electron chi connectivity index (χ1n) is 5.86. The Kier molecular flexibility index (Phi) is 4.55. The summed E-state index contributed by atoms with van der Waals surface area (Å²) in [4.78, 5) is 13.8. The van der Waals surface area contributed by atoms with Crippen LogP contribution in [0.15, 0.2) is 18.2 Å². The van der Waals surface area contributed by atoms with Crippen molar-refractivity contribution in [3.63, 3.8) is 0 Å². The zero-order valence-corrected chi connectivity index (χ0v) is 11.3. The van der Waals surface area contributed by atoms with Crippen molar-refractivity contribution in [1.29, 1.82) is 0 Å². The molecule has 1 aromatic carbocycles. The third kappa shape index (κ3) is 3.22. The van der Waals surface area contributed by atoms with Crippen molar-refractivity contribution in [2.45, 2.75) is 20.8 Å². The van der Waals surface area contributed by atoms with Gasteiger partial charge in [-0.25, -0.2) is 0 Å². The SMILES string of the molecule is COc1cccc(N(C)CC(C)C)c1C(C)=O. The number of Topliss-reactive ketones (excluding diaryl/α,β-unsaturated/α-hetero) is 1. The van der Waals surface area contributed by atoms with Gasteiger partial charge in [-0.3, -0.25) is 4.79 Å². The molecular formula is C14H21NO2. The fraction of sp³-hybridized carbons (Fsp3) is 0.500. The Morgan fingerprint density at radius 2 is 2.06 bits per heavy atom. The van der Waals surface area contributed by atoms with Gasteiger partial charge in [0.2, 0.25) is 0 Å². The molecule has 0 saturated carbocycles. The van der Waals surface area contributed by atoms with E-state index in [1.165, 1.54) is 0 Å². The van der Waals surface area contributed by atoms with Gasteiger partial charge in [0.25, 0.3) is 0 Å². The minimum atomic E-state index is 0.0352. The summed E-state index contributed by atoms with van der Waals surface area (Å²) in [5.74, 6) is 1.23. The number of hydrogen-bond donors (Lipinski definition) is 0. The molecule has 17 heavy (non-hydrogen) atoms. The van der Waals surface area contributed by atoms with Gasteiger partial charge in [-0.15, -0.1) is 0 Å². The van der Waals surface area contributed by atoms with Gasteiger partial charge >= 0.3 is 0 Å². The van der Waals surface area contributed by atoms with E-state index in [1.807, 2.05) is 25.2 Å². The van der Waals surface area contributed by atoms with Crippen LogP contribution in [0.4, 0.5) is 5.69 Å². The summed E-state index contributed by atoms with van der Waals surface area (Å²) < 4.78 is 5.25. The molecule has 0 amide bonds. The molecule has 0 heterocycles. The van der Waals surface area contributed by atoms with Crippen LogP contribution >= 0.6 is 0 Å². The fourth-order valence-corrected chi connectivity index (χ4v) is 2.01. The molecular weight excluding hydrogens is 214 g/mol. The Morgan fingerprint density at radius 3 is 2.53 bits per heavy atom. The van der Waals surface area contributed by atoms with Gasteiger partial charge in [-0.05, 0) is 25.0 Å². The number of methoxy groups -OCH3 is 1. The van der Waals surface area contributed by atoms with Crippen LogP contribution in [-0.4, -0.2) is 26.5 Å². The molecule has 0 atom stereocenters. The summed E-state index contributed by atoms with van der Waals surface area (Å²) in [7, 11) is 3.59. The molecule has 1 rings (SSSR count). The third-order valence-electron chi connectivity index (χ3n) is 2.63. The molecule has 0 N–H and O–H groups in total. The highest BCUT2D eigenvalue weighted by atomic mass is 16.5. The monoisotopic (exact) mass is 235 g/mol. The molecule has 0 aromatic heterocycles. The Hall–Kier alpha value is -1.51. The summed E-state index contributed by atoms with van der Waals surface area (Å²) >= 11 is 0. The van der Waals surface area contributed by atoms with Crippen LogP contribution in [0.3, 0.4) is 0 Å². The lowest BCUT2D eigenvalue weighted by molar-refractivity contribution is 0.101. The number of anilines is 1. The maximum Gasteiger partial charge on any atom is 0.165 e. The maximum atomic E-state index is 11.7. The Labute approximate surface area is 103 Å². The molecule has 0 bridgehead atoms. The first kappa shape index (κ1) is 13.6. The summed E-state index contributed by atoms with van der Waals surface area (Å²) in [6, 6.07) is 5.70. The average molecular weight is 235 g/mol. The van der Waals surface area contributed by atoms with Crippen molar-refractivity contribution >= 4 is 11.5 Å². The number of ketones is 1. The minimum absolute atomic E-state index is 0.0352. The van der Waals surface area contributed by atoms with Gasteiger partial charge in [0.1, 0.15) is 5.75 Å². The van der Waals surface area contributed by atoms with Crippen LogP contribution in [0.1, 0.15) is 31.1 Å². The van der Waals surface area contributed by atoms with Crippen molar-refractivity contribution in [2.75, 3.05) is 25.6 Å². The zero-order chi connectivity index (χ0) is 13.0. The van der Waals surface area contributed by atoms with E-state index in [9.17, 15) is 4.79 Å². The fourth-order valence-electron chi connectivity index (χ4n) is 2.01. The van der Waals surface area contributed by atoms with Gasteiger partial charge in [0.15, 0.2) is 5.78 Å². The quantitative estimate of drug-likeness (QED) is 0.735. The normalized spacial score (nSPS) is 10.5. The lowest BCUT2D eigenvalue weighted by atomic mass is 10.1. The van der Waals surface area contributed by atoms with Gasteiger partial charge in [0, 0.05) is 13.6 Å². The number of carbonyl (C=O) groups is 1. The second kappa shape index (κ2) is 5.71. The first-order chi connectivity index (χ1) is 7.97. The molecule has 0 aliphatic heterocycles. The van der Waals surface area contributed by atoms with Crippen LogP contribution in [0, 0.1) is 5.92 Å². The summed E-state index contributed by atoms with van der Waals surface area (Å²) in [6.45, 7) is 6.80. The van der Waals surface area contributed by atoms with Gasteiger partial charge < -0.3 is 9.64 Å². The highest BCUT2D eigenvalue weighted by Crippen LogP contribution is 2.29. The van der Waals surface area contributed by atoms with Crippen molar-refractivity contribution in [2.24, 2.45) is 5.92 Å². The van der Waals surface area contributed by atoms with E-state index >= 15 is 0 Å². The van der Waals surface area contributed by atoms with Gasteiger partial charge in [-0.2, -0.15) is 0 Å². The van der Waals surface area contributed by atoms with E-state index in [4.69, 9.17) is 4.74 Å². The molecule has 0 unspecified atom stereocenters. The van der Waals surface area contributed by atoms with E-state index in [0.29, 0.717) is 17.2 Å². The minimum Gasteiger partial charge on any atom is -0.496 e. The summed E-state index contributed by atoms with van der Waals surface area (Å²) in [5.41, 5.74) is 1.60. The third-order valence-corrected chi connectivity index (χ3v) is 2.63. The Morgan fingerprint density at radius 1 is 1.41 bits per heavy atom. The molecule has 0 radical (unpaired) electrons. The highest BCUT2D eigenvalue weighted by molar-refractivity contribution is 6.02. The van der Waals surface area contributed by atoms with E-state index in [1.54, 1.807) is 14.0 Å². The molecule has 0 spiro atoms. The van der Waals surface area contributed by atoms with Crippen LogP contribution in [0.5, 0.6) is 5.75 Å². The molecule has 3 nitrogen and oxygen atoms in total. The molecule has 0 aliphatic rings. The molecule has 0 aliphatic carbocycles. The molecule has 1 aromatic rings. The van der Waals surface area contributed by atoms with Crippen molar-refractivity contribution in [3.8, 4) is 5.75 Å². The van der Waals surface area contributed by atoms with Crippen LogP contribution in [0.2, 0.25) is 0 Å². The van der Waals surface area contributed by atoms with Crippen LogP contribution in [-0.2, 0) is 0 Å². The summed E-state index contributed by atoms with van der Waals surface area (Å²) in [6.07, 6.45) is 0. The standard InChI is InChI=1S/C14H21NO2/c1-10(2)9-15(4)12-7-6-8-13(17-5)14(12)11(3)16/h6-8,10H,9H2,1-5H3. The van der Waals surface area contributed by atoms with E-state index in [0.717, 1.165) is 12.2 Å². The second-order valence-electron chi connectivity index (χ2n) is 4.68. The van der Waals surface area contributed by atoms with Gasteiger partial charge in [-0.1, -0.05) is 19.9 Å². The van der Waals surface area contributed by atoms with E-state index in [-0.39, 0.29) is 5.78 Å². The smallest absolute Gasteiger partial charge is 0.165 e. The predicted octanol–water partition coefficient (Wildman–Crippen LogP) is 2.99. The summed E-state index contributed by atoms with van der Waals surface area (Å²) in [5, 5.41) is 0. The number of hydrogen-bond acceptors (Lipinski definition) is 3. The Balaban J connectivity index is 3.18. The number of rotatable bonds is 5. The number of benzene rings is 1. The topological polar surface area (TPSA) is 29.5 Å². The zero-order valence-electron chi connectivity index (χ0n) is 11.3. The largest absolute Gasteiger partial charge is 0.496 e. The number of ether oxygens (including phenoxy) is 1. The molecule has 0 fully saturated rings. The van der Waals surface area contributed by atoms with E-state index < -0.39 is 0 Å². The highest BCUT2D eigenvalue weighted by Gasteiger charge is 2.16. The molecule has 3 heteroatoms. The molecule has 0 saturated heterocycles. The second-order valence-corrected chi connectivity index (χ2v) is 4.68. The van der Waals surface area contributed by atoms with Crippen LogP contribution in [0.25, 0.3) is 0 Å². The van der Waals surface area contributed by atoms with E-state index in [2.05, 4.69) is 18.7 Å². The lowest BCUT2D eigenvalue weighted by Gasteiger charge is -2.24. The van der Waals surface area contributed by atoms with Crippen molar-refractivity contribution in [1.82, 2.24) is 0 Å². The maximum absolute atomic E-state index is 11.7. The predicted molar refractivity (Wildman–Crippen MR) is 71.1 cm³/mol. The van der Waals surface area contributed by atoms with Crippen molar-refractivity contribution < 1.29 is 9.53 Å².